The molecule has 2 N–H and O–H groups in total. The van der Waals surface area contributed by atoms with Crippen molar-refractivity contribution in [3.63, 3.8) is 0 Å². The van der Waals surface area contributed by atoms with Crippen molar-refractivity contribution >= 4 is 0 Å². The van der Waals surface area contributed by atoms with Gasteiger partial charge in [-0.3, -0.25) is 4.90 Å². The number of piperidine rings is 1. The van der Waals surface area contributed by atoms with E-state index in [0.29, 0.717) is 18.0 Å². The summed E-state index contributed by atoms with van der Waals surface area (Å²) >= 11 is 0. The van der Waals surface area contributed by atoms with Gasteiger partial charge < -0.3 is 10.5 Å². The molecule has 1 aliphatic rings. The molecule has 1 heterocycles. The summed E-state index contributed by atoms with van der Waals surface area (Å²) < 4.78 is 5.36. The van der Waals surface area contributed by atoms with Crippen molar-refractivity contribution in [3.05, 3.63) is 29.8 Å². The van der Waals surface area contributed by atoms with Gasteiger partial charge in [0.1, 0.15) is 5.75 Å². The second-order valence-electron chi connectivity index (χ2n) is 5.69. The number of nitrogens with two attached hydrogens (primary N) is 1. The molecule has 3 nitrogen and oxygen atoms in total. The third-order valence-corrected chi connectivity index (χ3v) is 4.20. The Bertz CT molecular complexity index is 405. The lowest BCUT2D eigenvalue weighted by Crippen LogP contribution is -2.44. The third-order valence-electron chi connectivity index (χ3n) is 4.20. The Morgan fingerprint density at radius 3 is 2.84 bits per heavy atom. The van der Waals surface area contributed by atoms with Crippen LogP contribution in [0.1, 0.15) is 38.3 Å². The minimum absolute atomic E-state index is 0.425. The summed E-state index contributed by atoms with van der Waals surface area (Å²) in [6.07, 6.45) is 2.47. The van der Waals surface area contributed by atoms with Gasteiger partial charge in [-0.05, 0) is 63.4 Å². The van der Waals surface area contributed by atoms with Gasteiger partial charge in [-0.25, -0.2) is 0 Å². The van der Waals surface area contributed by atoms with E-state index < -0.39 is 0 Å². The van der Waals surface area contributed by atoms with E-state index in [4.69, 9.17) is 10.5 Å². The number of benzene rings is 1. The summed E-state index contributed by atoms with van der Waals surface area (Å²) in [5.41, 5.74) is 7.34. The highest BCUT2D eigenvalue weighted by Crippen LogP contribution is 2.37. The van der Waals surface area contributed by atoms with Gasteiger partial charge in [0.25, 0.3) is 0 Å². The minimum Gasteiger partial charge on any atom is -0.497 e. The average molecular weight is 262 g/mol. The van der Waals surface area contributed by atoms with Crippen LogP contribution in [-0.2, 0) is 0 Å². The van der Waals surface area contributed by atoms with Gasteiger partial charge in [0, 0.05) is 12.1 Å². The molecule has 1 saturated heterocycles. The molecule has 106 valence electrons. The Balaban J connectivity index is 2.33. The highest BCUT2D eigenvalue weighted by molar-refractivity contribution is 5.31. The van der Waals surface area contributed by atoms with Gasteiger partial charge in [0.2, 0.25) is 0 Å². The van der Waals surface area contributed by atoms with Crippen LogP contribution in [0.25, 0.3) is 0 Å². The van der Waals surface area contributed by atoms with Gasteiger partial charge >= 0.3 is 0 Å². The van der Waals surface area contributed by atoms with Crippen molar-refractivity contribution in [1.82, 2.24) is 4.90 Å². The van der Waals surface area contributed by atoms with Crippen LogP contribution >= 0.6 is 0 Å². The number of likely N-dealkylation sites (tertiary alicyclic amines) is 1. The van der Waals surface area contributed by atoms with Crippen molar-refractivity contribution < 1.29 is 4.74 Å². The molecular weight excluding hydrogens is 236 g/mol. The van der Waals surface area contributed by atoms with E-state index in [-0.39, 0.29) is 0 Å². The summed E-state index contributed by atoms with van der Waals surface area (Å²) in [5.74, 6) is 1.48. The van der Waals surface area contributed by atoms with Crippen molar-refractivity contribution in [1.29, 1.82) is 0 Å². The summed E-state index contributed by atoms with van der Waals surface area (Å²) in [4.78, 5) is 2.58. The smallest absolute Gasteiger partial charge is 0.119 e. The van der Waals surface area contributed by atoms with E-state index >= 15 is 0 Å². The highest BCUT2D eigenvalue weighted by atomic mass is 16.5. The Hall–Kier alpha value is -1.06. The maximum atomic E-state index is 6.01. The van der Waals surface area contributed by atoms with Crippen LogP contribution in [-0.4, -0.2) is 31.1 Å². The van der Waals surface area contributed by atoms with Gasteiger partial charge in [-0.15, -0.1) is 0 Å². The Morgan fingerprint density at radius 1 is 1.42 bits per heavy atom. The maximum absolute atomic E-state index is 6.01. The SMILES string of the molecule is COc1cccc(C2C(CN)CCCN2C(C)C)c1. The topological polar surface area (TPSA) is 38.5 Å². The number of hydrogen-bond donors (Lipinski definition) is 1. The molecule has 1 aromatic carbocycles. The third kappa shape index (κ3) is 3.10. The van der Waals surface area contributed by atoms with E-state index in [2.05, 4.69) is 36.9 Å². The lowest BCUT2D eigenvalue weighted by atomic mass is 9.84. The average Bonchev–Trinajstić information content (AvgIpc) is 2.46. The Labute approximate surface area is 116 Å². The largest absolute Gasteiger partial charge is 0.497 e. The molecule has 0 saturated carbocycles. The van der Waals surface area contributed by atoms with Crippen LogP contribution in [0.5, 0.6) is 5.75 Å². The molecule has 0 aromatic heterocycles. The van der Waals surface area contributed by atoms with Crippen molar-refractivity contribution in [2.75, 3.05) is 20.2 Å². The molecule has 0 spiro atoms. The van der Waals surface area contributed by atoms with Crippen LogP contribution in [0.4, 0.5) is 0 Å². The quantitative estimate of drug-likeness (QED) is 0.907. The Morgan fingerprint density at radius 2 is 2.21 bits per heavy atom. The van der Waals surface area contributed by atoms with Gasteiger partial charge in [-0.2, -0.15) is 0 Å². The molecule has 0 aliphatic carbocycles. The normalized spacial score (nSPS) is 24.7. The number of ether oxygens (including phenoxy) is 1. The summed E-state index contributed by atoms with van der Waals surface area (Å²) in [5, 5.41) is 0. The van der Waals surface area contributed by atoms with E-state index in [1.165, 1.54) is 18.4 Å². The zero-order valence-electron chi connectivity index (χ0n) is 12.3. The first-order valence-electron chi connectivity index (χ1n) is 7.27. The van der Waals surface area contributed by atoms with Crippen LogP contribution in [0.3, 0.4) is 0 Å². The summed E-state index contributed by atoms with van der Waals surface area (Å²) in [6, 6.07) is 9.42. The molecule has 2 unspecified atom stereocenters. The van der Waals surface area contributed by atoms with Gasteiger partial charge in [0.15, 0.2) is 0 Å². The standard InChI is InChI=1S/C16H26N2O/c1-12(2)18-9-5-7-14(11-17)16(18)13-6-4-8-15(10-13)19-3/h4,6,8,10,12,14,16H,5,7,9,11,17H2,1-3H3. The molecule has 0 radical (unpaired) electrons. The van der Waals surface area contributed by atoms with Gasteiger partial charge in [0.05, 0.1) is 7.11 Å². The number of methoxy groups -OCH3 is 1. The van der Waals surface area contributed by atoms with Crippen LogP contribution in [0.15, 0.2) is 24.3 Å². The van der Waals surface area contributed by atoms with Crippen LogP contribution < -0.4 is 10.5 Å². The van der Waals surface area contributed by atoms with Crippen molar-refractivity contribution in [2.24, 2.45) is 11.7 Å². The summed E-state index contributed by atoms with van der Waals surface area (Å²) in [7, 11) is 1.72. The molecule has 0 bridgehead atoms. The number of nitrogens with zero attached hydrogens (tertiary/aromatic N) is 1. The van der Waals surface area contributed by atoms with Crippen LogP contribution in [0.2, 0.25) is 0 Å². The lowest BCUT2D eigenvalue weighted by Gasteiger charge is -2.43. The van der Waals surface area contributed by atoms with E-state index in [0.717, 1.165) is 18.8 Å². The second-order valence-corrected chi connectivity index (χ2v) is 5.69. The minimum atomic E-state index is 0.425. The molecule has 19 heavy (non-hydrogen) atoms. The van der Waals surface area contributed by atoms with Crippen LogP contribution in [0, 0.1) is 5.92 Å². The van der Waals surface area contributed by atoms with Gasteiger partial charge in [-0.1, -0.05) is 12.1 Å². The molecular formula is C16H26N2O. The summed E-state index contributed by atoms with van der Waals surface area (Å²) in [6.45, 7) is 6.46. The molecule has 3 heteroatoms. The predicted octanol–water partition coefficient (Wildman–Crippen LogP) is 2.82. The number of rotatable bonds is 4. The molecule has 1 aromatic rings. The predicted molar refractivity (Wildman–Crippen MR) is 79.4 cm³/mol. The van der Waals surface area contributed by atoms with Crippen molar-refractivity contribution in [3.8, 4) is 5.75 Å². The second kappa shape index (κ2) is 6.40. The lowest BCUT2D eigenvalue weighted by molar-refractivity contribution is 0.0664. The maximum Gasteiger partial charge on any atom is 0.119 e. The monoisotopic (exact) mass is 262 g/mol. The van der Waals surface area contributed by atoms with E-state index in [1.54, 1.807) is 7.11 Å². The van der Waals surface area contributed by atoms with E-state index in [1.807, 2.05) is 6.07 Å². The van der Waals surface area contributed by atoms with E-state index in [9.17, 15) is 0 Å². The fourth-order valence-corrected chi connectivity index (χ4v) is 3.22. The number of hydrogen-bond acceptors (Lipinski definition) is 3. The first kappa shape index (κ1) is 14.4. The zero-order chi connectivity index (χ0) is 13.8. The molecule has 2 rings (SSSR count). The molecule has 2 atom stereocenters. The highest BCUT2D eigenvalue weighted by Gasteiger charge is 2.33. The fourth-order valence-electron chi connectivity index (χ4n) is 3.22. The first-order chi connectivity index (χ1) is 9.17. The first-order valence-corrected chi connectivity index (χ1v) is 7.27. The van der Waals surface area contributed by atoms with Crippen molar-refractivity contribution in [2.45, 2.75) is 38.8 Å². The molecule has 0 amide bonds. The molecule has 1 fully saturated rings. The fraction of sp³-hybridized carbons (Fsp3) is 0.625. The Kier molecular flexibility index (Phi) is 4.83. The molecule has 1 aliphatic heterocycles. The zero-order valence-corrected chi connectivity index (χ0v) is 12.3.